The Morgan fingerprint density at radius 1 is 1.04 bits per heavy atom. The molecular weight excluding hydrogens is 312 g/mol. The zero-order chi connectivity index (χ0) is 18.7. The minimum atomic E-state index is 0.334. The number of hydrogen-bond acceptors (Lipinski definition) is 4. The van der Waals surface area contributed by atoms with Crippen LogP contribution in [0.15, 0.2) is 6.07 Å². The Morgan fingerprint density at radius 2 is 1.72 bits per heavy atom. The molecule has 0 amide bonds. The quantitative estimate of drug-likeness (QED) is 0.798. The second kappa shape index (κ2) is 8.04. The van der Waals surface area contributed by atoms with E-state index in [0.29, 0.717) is 12.0 Å². The van der Waals surface area contributed by atoms with Gasteiger partial charge in [-0.15, -0.1) is 0 Å². The van der Waals surface area contributed by atoms with Crippen molar-refractivity contribution in [3.63, 3.8) is 0 Å². The molecule has 2 aromatic rings. The normalized spacial score (nSPS) is 12.8. The first kappa shape index (κ1) is 19.5. The molecule has 0 aromatic carbocycles. The lowest BCUT2D eigenvalue weighted by molar-refractivity contribution is 0.443. The molecule has 0 saturated heterocycles. The minimum absolute atomic E-state index is 0.334. The Hall–Kier alpha value is -1.82. The first-order chi connectivity index (χ1) is 11.7. The van der Waals surface area contributed by atoms with Gasteiger partial charge < -0.3 is 10.2 Å². The molecule has 1 unspecified atom stereocenters. The summed E-state index contributed by atoms with van der Waals surface area (Å²) in [5.41, 5.74) is 4.67. The molecule has 6 heteroatoms. The highest BCUT2D eigenvalue weighted by atomic mass is 15.4. The number of nitrogens with zero attached hydrogens (tertiary/aromatic N) is 5. The Morgan fingerprint density at radius 3 is 2.24 bits per heavy atom. The van der Waals surface area contributed by atoms with Crippen LogP contribution in [0.2, 0.25) is 0 Å². The number of rotatable bonds is 8. The fraction of sp³-hybridized carbons (Fsp3) is 0.684. The maximum absolute atomic E-state index is 4.77. The summed E-state index contributed by atoms with van der Waals surface area (Å²) in [6, 6.07) is 2.46. The van der Waals surface area contributed by atoms with Gasteiger partial charge in [-0.25, -0.2) is 4.68 Å². The van der Waals surface area contributed by atoms with Crippen LogP contribution < -0.4 is 10.2 Å². The summed E-state index contributed by atoms with van der Waals surface area (Å²) in [5, 5.41) is 13.0. The highest BCUT2D eigenvalue weighted by molar-refractivity contribution is 5.49. The van der Waals surface area contributed by atoms with Crippen LogP contribution in [-0.4, -0.2) is 39.7 Å². The van der Waals surface area contributed by atoms with E-state index in [0.717, 1.165) is 31.0 Å². The minimum Gasteiger partial charge on any atom is -0.363 e. The van der Waals surface area contributed by atoms with Crippen molar-refractivity contribution in [1.82, 2.24) is 24.9 Å². The number of anilines is 1. The largest absolute Gasteiger partial charge is 0.363 e. The topological polar surface area (TPSA) is 50.9 Å². The maximum Gasteiger partial charge on any atom is 0.131 e. The molecular formula is C19H34N6. The van der Waals surface area contributed by atoms with Crippen LogP contribution in [0.5, 0.6) is 0 Å². The van der Waals surface area contributed by atoms with E-state index in [1.807, 2.05) is 6.92 Å². The van der Waals surface area contributed by atoms with Crippen molar-refractivity contribution in [1.29, 1.82) is 0 Å². The van der Waals surface area contributed by atoms with Crippen molar-refractivity contribution < 1.29 is 0 Å². The summed E-state index contributed by atoms with van der Waals surface area (Å²) in [6.07, 6.45) is 0. The predicted molar refractivity (Wildman–Crippen MR) is 104 cm³/mol. The maximum atomic E-state index is 4.77. The highest BCUT2D eigenvalue weighted by Gasteiger charge is 2.18. The summed E-state index contributed by atoms with van der Waals surface area (Å²) in [4.78, 5) is 2.17. The van der Waals surface area contributed by atoms with Gasteiger partial charge >= 0.3 is 0 Å². The van der Waals surface area contributed by atoms with Gasteiger partial charge in [0.15, 0.2) is 0 Å². The summed E-state index contributed by atoms with van der Waals surface area (Å²) >= 11 is 0. The zero-order valence-electron chi connectivity index (χ0n) is 17.1. The van der Waals surface area contributed by atoms with Gasteiger partial charge in [-0.1, -0.05) is 13.8 Å². The van der Waals surface area contributed by atoms with Crippen molar-refractivity contribution in [2.45, 2.75) is 67.2 Å². The van der Waals surface area contributed by atoms with Crippen LogP contribution in [0.4, 0.5) is 5.82 Å². The number of aryl methyl sites for hydroxylation is 3. The molecule has 6 nitrogen and oxygen atoms in total. The molecule has 0 fully saturated rings. The van der Waals surface area contributed by atoms with Crippen molar-refractivity contribution >= 4 is 5.82 Å². The van der Waals surface area contributed by atoms with E-state index in [1.165, 1.54) is 17.1 Å². The third kappa shape index (κ3) is 4.84. The van der Waals surface area contributed by atoms with Gasteiger partial charge in [-0.05, 0) is 39.7 Å². The number of nitrogens with one attached hydrogen (secondary N) is 1. The third-order valence-electron chi connectivity index (χ3n) is 4.36. The van der Waals surface area contributed by atoms with Crippen molar-refractivity contribution in [3.05, 3.63) is 28.7 Å². The smallest absolute Gasteiger partial charge is 0.131 e. The van der Waals surface area contributed by atoms with Gasteiger partial charge in [0.05, 0.1) is 17.9 Å². The zero-order valence-corrected chi connectivity index (χ0v) is 17.1. The van der Waals surface area contributed by atoms with E-state index in [1.54, 1.807) is 0 Å². The molecule has 0 spiro atoms. The van der Waals surface area contributed by atoms with Crippen molar-refractivity contribution in [2.75, 3.05) is 19.0 Å². The molecule has 0 aliphatic heterocycles. The molecule has 1 N–H and O–H groups in total. The highest BCUT2D eigenvalue weighted by Crippen LogP contribution is 2.23. The van der Waals surface area contributed by atoms with Gasteiger partial charge in [0.1, 0.15) is 5.82 Å². The Bertz CT molecular complexity index is 695. The average Bonchev–Trinajstić information content (AvgIpc) is 2.95. The van der Waals surface area contributed by atoms with Crippen LogP contribution in [0.25, 0.3) is 0 Å². The van der Waals surface area contributed by atoms with E-state index < -0.39 is 0 Å². The molecule has 0 saturated carbocycles. The Kier molecular flexibility index (Phi) is 6.27. The van der Waals surface area contributed by atoms with Crippen molar-refractivity contribution in [2.24, 2.45) is 5.92 Å². The molecule has 2 heterocycles. The molecule has 25 heavy (non-hydrogen) atoms. The van der Waals surface area contributed by atoms with Gasteiger partial charge in [-0.3, -0.25) is 4.68 Å². The third-order valence-corrected chi connectivity index (χ3v) is 4.36. The lowest BCUT2D eigenvalue weighted by Crippen LogP contribution is -2.31. The molecule has 140 valence electrons. The van der Waals surface area contributed by atoms with Gasteiger partial charge in [-0.2, -0.15) is 10.2 Å². The average molecular weight is 347 g/mol. The van der Waals surface area contributed by atoms with Gasteiger partial charge in [0, 0.05) is 44.5 Å². The second-order valence-electron chi connectivity index (χ2n) is 7.75. The van der Waals surface area contributed by atoms with Crippen LogP contribution >= 0.6 is 0 Å². The molecule has 0 aliphatic rings. The number of aromatic nitrogens is 4. The summed E-state index contributed by atoms with van der Waals surface area (Å²) in [6.45, 7) is 15.5. The van der Waals surface area contributed by atoms with E-state index in [-0.39, 0.29) is 0 Å². The summed E-state index contributed by atoms with van der Waals surface area (Å²) in [7, 11) is 4.19. The molecule has 1 atom stereocenters. The molecule has 0 radical (unpaired) electrons. The first-order valence-corrected chi connectivity index (χ1v) is 9.17. The second-order valence-corrected chi connectivity index (χ2v) is 7.75. The fourth-order valence-corrected chi connectivity index (χ4v) is 3.25. The Labute approximate surface area is 152 Å². The molecule has 0 bridgehead atoms. The lowest BCUT2D eigenvalue weighted by Gasteiger charge is -2.20. The van der Waals surface area contributed by atoms with Crippen molar-refractivity contribution in [3.8, 4) is 0 Å². The fourth-order valence-electron chi connectivity index (χ4n) is 3.25. The number of hydrogen-bond donors (Lipinski definition) is 1. The standard InChI is InChI=1S/C19H34N6/c1-13(2)11-25-19(23(7)8)18(17(6)22-25)10-20-15(4)12-24-16(5)9-14(3)21-24/h9,13,15,20H,10-12H2,1-8H3. The first-order valence-electron chi connectivity index (χ1n) is 9.17. The molecule has 0 aliphatic carbocycles. The van der Waals surface area contributed by atoms with Crippen LogP contribution in [0.3, 0.4) is 0 Å². The van der Waals surface area contributed by atoms with E-state index >= 15 is 0 Å². The van der Waals surface area contributed by atoms with E-state index in [4.69, 9.17) is 5.10 Å². The monoisotopic (exact) mass is 346 g/mol. The summed E-state index contributed by atoms with van der Waals surface area (Å²) < 4.78 is 4.22. The van der Waals surface area contributed by atoms with Crippen LogP contribution in [0, 0.1) is 26.7 Å². The van der Waals surface area contributed by atoms with Gasteiger partial charge in [0.2, 0.25) is 0 Å². The van der Waals surface area contributed by atoms with Crippen LogP contribution in [-0.2, 0) is 19.6 Å². The van der Waals surface area contributed by atoms with E-state index in [9.17, 15) is 0 Å². The molecule has 2 aromatic heterocycles. The summed E-state index contributed by atoms with van der Waals surface area (Å²) in [5.74, 6) is 1.78. The van der Waals surface area contributed by atoms with Crippen LogP contribution in [0.1, 0.15) is 43.4 Å². The molecule has 2 rings (SSSR count). The lowest BCUT2D eigenvalue weighted by atomic mass is 10.2. The van der Waals surface area contributed by atoms with Gasteiger partial charge in [0.25, 0.3) is 0 Å². The van der Waals surface area contributed by atoms with E-state index in [2.05, 4.69) is 79.5 Å². The Balaban J connectivity index is 2.09. The SMILES string of the molecule is Cc1cc(C)n(CC(C)NCc2c(C)nn(CC(C)C)c2N(C)C)n1. The predicted octanol–water partition coefficient (Wildman–Crippen LogP) is 2.91.